The smallest absolute Gasteiger partial charge is 0.248 e. The quantitative estimate of drug-likeness (QED) is 0.912. The van der Waals surface area contributed by atoms with Crippen molar-refractivity contribution in [3.05, 3.63) is 47.0 Å². The van der Waals surface area contributed by atoms with E-state index in [0.29, 0.717) is 11.6 Å². The Morgan fingerprint density at radius 2 is 2.00 bits per heavy atom. The molecule has 1 atom stereocenters. The van der Waals surface area contributed by atoms with Gasteiger partial charge < -0.3 is 5.73 Å². The number of rotatable bonds is 5. The van der Waals surface area contributed by atoms with Crippen LogP contribution in [0.5, 0.6) is 0 Å². The third-order valence-corrected chi connectivity index (χ3v) is 4.72. The van der Waals surface area contributed by atoms with Crippen LogP contribution in [0.4, 0.5) is 0 Å². The molecule has 0 saturated carbocycles. The van der Waals surface area contributed by atoms with E-state index in [-0.39, 0.29) is 5.91 Å². The Kier molecular flexibility index (Phi) is 4.94. The average Bonchev–Trinajstić information content (AvgIpc) is 2.87. The van der Waals surface area contributed by atoms with Gasteiger partial charge in [-0.15, -0.1) is 0 Å². The maximum Gasteiger partial charge on any atom is 0.248 e. The number of aromatic nitrogens is 3. The molecule has 0 spiro atoms. The summed E-state index contributed by atoms with van der Waals surface area (Å²) in [6, 6.07) is 8.07. The van der Waals surface area contributed by atoms with Crippen LogP contribution < -0.4 is 5.73 Å². The highest BCUT2D eigenvalue weighted by atomic mass is 16.1. The number of primary amides is 1. The van der Waals surface area contributed by atoms with E-state index >= 15 is 0 Å². The molecule has 2 aromatic rings. The Balaban J connectivity index is 1.70. The Bertz CT molecular complexity index is 707. The van der Waals surface area contributed by atoms with E-state index in [1.807, 2.05) is 42.8 Å². The SMILES string of the molecule is Cc1nc(C)n(CC2CCCCN2Cc2ccc(C(N)=O)cc2)n1. The number of piperidine rings is 1. The third kappa shape index (κ3) is 3.82. The van der Waals surface area contributed by atoms with Crippen molar-refractivity contribution < 1.29 is 4.79 Å². The molecule has 24 heavy (non-hydrogen) atoms. The highest BCUT2D eigenvalue weighted by molar-refractivity contribution is 5.92. The first kappa shape index (κ1) is 16.6. The topological polar surface area (TPSA) is 77.0 Å². The lowest BCUT2D eigenvalue weighted by atomic mass is 10.0. The maximum atomic E-state index is 11.2. The number of hydrogen-bond donors (Lipinski definition) is 1. The van der Waals surface area contributed by atoms with Crippen LogP contribution in [0.1, 0.15) is 46.8 Å². The third-order valence-electron chi connectivity index (χ3n) is 4.72. The van der Waals surface area contributed by atoms with Gasteiger partial charge >= 0.3 is 0 Å². The van der Waals surface area contributed by atoms with Crippen LogP contribution in [0.3, 0.4) is 0 Å². The van der Waals surface area contributed by atoms with Gasteiger partial charge in [-0.05, 0) is 50.9 Å². The zero-order chi connectivity index (χ0) is 17.1. The molecule has 128 valence electrons. The number of amides is 1. The van der Waals surface area contributed by atoms with Crippen molar-refractivity contribution in [2.75, 3.05) is 6.54 Å². The van der Waals surface area contributed by atoms with Gasteiger partial charge in [0.25, 0.3) is 0 Å². The van der Waals surface area contributed by atoms with Gasteiger partial charge in [-0.25, -0.2) is 9.67 Å². The number of aryl methyl sites for hydroxylation is 2. The Labute approximate surface area is 142 Å². The van der Waals surface area contributed by atoms with Crippen molar-refractivity contribution in [2.24, 2.45) is 5.73 Å². The van der Waals surface area contributed by atoms with E-state index in [1.165, 1.54) is 24.8 Å². The van der Waals surface area contributed by atoms with Gasteiger partial charge in [-0.2, -0.15) is 5.10 Å². The van der Waals surface area contributed by atoms with Gasteiger partial charge in [0.15, 0.2) is 0 Å². The zero-order valence-electron chi connectivity index (χ0n) is 14.4. The molecule has 1 aliphatic rings. The average molecular weight is 327 g/mol. The summed E-state index contributed by atoms with van der Waals surface area (Å²) in [5.41, 5.74) is 7.07. The Morgan fingerprint density at radius 1 is 1.25 bits per heavy atom. The lowest BCUT2D eigenvalue weighted by Gasteiger charge is -2.35. The van der Waals surface area contributed by atoms with Crippen molar-refractivity contribution in [3.8, 4) is 0 Å². The van der Waals surface area contributed by atoms with Crippen LogP contribution in [-0.2, 0) is 13.1 Å². The summed E-state index contributed by atoms with van der Waals surface area (Å²) in [5, 5.41) is 4.50. The minimum Gasteiger partial charge on any atom is -0.366 e. The molecule has 1 fully saturated rings. The van der Waals surface area contributed by atoms with Crippen molar-refractivity contribution in [2.45, 2.75) is 52.2 Å². The summed E-state index contributed by atoms with van der Waals surface area (Å²) < 4.78 is 2.02. The van der Waals surface area contributed by atoms with Crippen LogP contribution in [0.15, 0.2) is 24.3 Å². The molecule has 1 aliphatic heterocycles. The Hall–Kier alpha value is -2.21. The van der Waals surface area contributed by atoms with E-state index in [4.69, 9.17) is 5.73 Å². The monoisotopic (exact) mass is 327 g/mol. The summed E-state index contributed by atoms with van der Waals surface area (Å²) in [6.45, 7) is 6.80. The molecule has 3 rings (SSSR count). The molecule has 1 unspecified atom stereocenters. The highest BCUT2D eigenvalue weighted by Crippen LogP contribution is 2.21. The fraction of sp³-hybridized carbons (Fsp3) is 0.500. The molecule has 0 bridgehead atoms. The summed E-state index contributed by atoms with van der Waals surface area (Å²) in [7, 11) is 0. The molecule has 1 aromatic carbocycles. The summed E-state index contributed by atoms with van der Waals surface area (Å²) in [4.78, 5) is 18.1. The second kappa shape index (κ2) is 7.13. The molecule has 2 heterocycles. The van der Waals surface area contributed by atoms with Crippen molar-refractivity contribution in [3.63, 3.8) is 0 Å². The second-order valence-electron chi connectivity index (χ2n) is 6.57. The largest absolute Gasteiger partial charge is 0.366 e. The van der Waals surface area contributed by atoms with E-state index < -0.39 is 0 Å². The van der Waals surface area contributed by atoms with Crippen LogP contribution in [0.2, 0.25) is 0 Å². The standard InChI is InChI=1S/C18H25N5O/c1-13-20-14(2)23(21-13)12-17-5-3-4-10-22(17)11-15-6-8-16(9-7-15)18(19)24/h6-9,17H,3-5,10-12H2,1-2H3,(H2,19,24). The van der Waals surface area contributed by atoms with Crippen molar-refractivity contribution >= 4 is 5.91 Å². The molecule has 2 N–H and O–H groups in total. The van der Waals surface area contributed by atoms with Gasteiger partial charge in [-0.1, -0.05) is 18.6 Å². The zero-order valence-corrected chi connectivity index (χ0v) is 14.4. The molecule has 6 nitrogen and oxygen atoms in total. The maximum absolute atomic E-state index is 11.2. The predicted molar refractivity (Wildman–Crippen MR) is 92.5 cm³/mol. The Morgan fingerprint density at radius 3 is 2.62 bits per heavy atom. The first-order valence-corrected chi connectivity index (χ1v) is 8.54. The molecule has 1 amide bonds. The molecule has 1 saturated heterocycles. The van der Waals surface area contributed by atoms with Crippen LogP contribution in [0, 0.1) is 13.8 Å². The fourth-order valence-corrected chi connectivity index (χ4v) is 3.42. The molecular formula is C18H25N5O. The van der Waals surface area contributed by atoms with Gasteiger partial charge in [-0.3, -0.25) is 9.69 Å². The van der Waals surface area contributed by atoms with E-state index in [2.05, 4.69) is 15.0 Å². The van der Waals surface area contributed by atoms with Gasteiger partial charge in [0.05, 0.1) is 6.54 Å². The molecule has 1 aromatic heterocycles. The van der Waals surface area contributed by atoms with Crippen LogP contribution >= 0.6 is 0 Å². The second-order valence-corrected chi connectivity index (χ2v) is 6.57. The van der Waals surface area contributed by atoms with E-state index in [0.717, 1.165) is 31.3 Å². The fourth-order valence-electron chi connectivity index (χ4n) is 3.42. The lowest BCUT2D eigenvalue weighted by Crippen LogP contribution is -2.41. The van der Waals surface area contributed by atoms with Crippen molar-refractivity contribution in [1.29, 1.82) is 0 Å². The first-order valence-electron chi connectivity index (χ1n) is 8.54. The highest BCUT2D eigenvalue weighted by Gasteiger charge is 2.24. The summed E-state index contributed by atoms with van der Waals surface area (Å²) >= 11 is 0. The number of likely N-dealkylation sites (tertiary alicyclic amines) is 1. The van der Waals surface area contributed by atoms with Crippen LogP contribution in [-0.4, -0.2) is 38.2 Å². The number of nitrogens with two attached hydrogens (primary N) is 1. The minimum atomic E-state index is -0.380. The van der Waals surface area contributed by atoms with Gasteiger partial charge in [0.1, 0.15) is 11.6 Å². The normalized spacial score (nSPS) is 18.7. The summed E-state index contributed by atoms with van der Waals surface area (Å²) in [6.07, 6.45) is 3.66. The lowest BCUT2D eigenvalue weighted by molar-refractivity contribution is 0.1000. The number of nitrogens with zero attached hydrogens (tertiary/aromatic N) is 4. The molecular weight excluding hydrogens is 302 g/mol. The predicted octanol–water partition coefficient (Wildman–Crippen LogP) is 2.05. The number of benzene rings is 1. The molecule has 0 radical (unpaired) electrons. The number of hydrogen-bond acceptors (Lipinski definition) is 4. The van der Waals surface area contributed by atoms with E-state index in [1.54, 1.807) is 0 Å². The number of carbonyl (C=O) groups excluding carboxylic acids is 1. The first-order chi connectivity index (χ1) is 11.5. The van der Waals surface area contributed by atoms with Gasteiger partial charge in [0, 0.05) is 18.2 Å². The van der Waals surface area contributed by atoms with Crippen molar-refractivity contribution in [1.82, 2.24) is 19.7 Å². The number of carbonyl (C=O) groups is 1. The van der Waals surface area contributed by atoms with Gasteiger partial charge in [0.2, 0.25) is 5.91 Å². The molecule has 6 heteroatoms. The molecule has 0 aliphatic carbocycles. The minimum absolute atomic E-state index is 0.380. The van der Waals surface area contributed by atoms with E-state index in [9.17, 15) is 4.79 Å². The summed E-state index contributed by atoms with van der Waals surface area (Å²) in [5.74, 6) is 1.43. The van der Waals surface area contributed by atoms with Crippen LogP contribution in [0.25, 0.3) is 0 Å².